The summed E-state index contributed by atoms with van der Waals surface area (Å²) in [4.78, 5) is 11.9. The second-order valence-electron chi connectivity index (χ2n) is 5.38. The molecule has 0 saturated heterocycles. The van der Waals surface area contributed by atoms with E-state index in [1.165, 1.54) is 5.56 Å². The van der Waals surface area contributed by atoms with Crippen LogP contribution in [0.5, 0.6) is 0 Å². The van der Waals surface area contributed by atoms with Crippen LogP contribution in [0.3, 0.4) is 0 Å². The summed E-state index contributed by atoms with van der Waals surface area (Å²) in [5.74, 6) is 0.359. The normalized spacial score (nSPS) is 14.3. The van der Waals surface area contributed by atoms with E-state index in [0.29, 0.717) is 12.3 Å². The fraction of sp³-hybridized carbons (Fsp3) is 0.533. The van der Waals surface area contributed by atoms with Crippen molar-refractivity contribution in [1.29, 1.82) is 0 Å². The second-order valence-corrected chi connectivity index (χ2v) is 5.38. The molecule has 0 aliphatic rings. The van der Waals surface area contributed by atoms with Crippen LogP contribution in [-0.2, 0) is 4.79 Å². The van der Waals surface area contributed by atoms with Gasteiger partial charge in [-0.05, 0) is 31.7 Å². The molecule has 0 aliphatic carbocycles. The smallest absolute Gasteiger partial charge is 0.237 e. The van der Waals surface area contributed by atoms with Crippen LogP contribution < -0.4 is 11.1 Å². The van der Waals surface area contributed by atoms with Gasteiger partial charge in [0, 0.05) is 0 Å². The Hall–Kier alpha value is -1.35. The quantitative estimate of drug-likeness (QED) is 0.841. The number of hydrogen-bond donors (Lipinski definition) is 2. The SMILES string of the molecule is Cc1cccc([C@H](C)NC(=O)C(N)CC(C)C)c1. The molecular formula is C15H24N2O. The van der Waals surface area contributed by atoms with E-state index in [1.54, 1.807) is 0 Å². The third-order valence-electron chi connectivity index (χ3n) is 2.96. The van der Waals surface area contributed by atoms with Gasteiger partial charge in [-0.25, -0.2) is 0 Å². The highest BCUT2D eigenvalue weighted by molar-refractivity contribution is 5.81. The van der Waals surface area contributed by atoms with Crippen molar-refractivity contribution >= 4 is 5.91 Å². The van der Waals surface area contributed by atoms with Gasteiger partial charge >= 0.3 is 0 Å². The number of aryl methyl sites for hydroxylation is 1. The maximum Gasteiger partial charge on any atom is 0.237 e. The minimum absolute atomic E-state index is 0.00406. The Kier molecular flexibility index (Phi) is 5.35. The molecule has 3 nitrogen and oxygen atoms in total. The summed E-state index contributed by atoms with van der Waals surface area (Å²) in [5.41, 5.74) is 8.17. The fourth-order valence-electron chi connectivity index (χ4n) is 1.96. The third kappa shape index (κ3) is 4.49. The highest BCUT2D eigenvalue weighted by Gasteiger charge is 2.17. The van der Waals surface area contributed by atoms with Gasteiger partial charge in [0.05, 0.1) is 12.1 Å². The molecule has 0 bridgehead atoms. The van der Waals surface area contributed by atoms with Gasteiger partial charge in [-0.2, -0.15) is 0 Å². The van der Waals surface area contributed by atoms with Gasteiger partial charge in [-0.1, -0.05) is 43.7 Å². The summed E-state index contributed by atoms with van der Waals surface area (Å²) in [7, 11) is 0. The molecule has 1 unspecified atom stereocenters. The molecule has 100 valence electrons. The molecule has 1 amide bonds. The van der Waals surface area contributed by atoms with E-state index in [1.807, 2.05) is 32.0 Å². The maximum atomic E-state index is 11.9. The van der Waals surface area contributed by atoms with Crippen LogP contribution in [0.4, 0.5) is 0 Å². The zero-order valence-corrected chi connectivity index (χ0v) is 11.7. The maximum absolute atomic E-state index is 11.9. The number of rotatable bonds is 5. The summed E-state index contributed by atoms with van der Waals surface area (Å²) in [6, 6.07) is 7.72. The Bertz CT molecular complexity index is 401. The van der Waals surface area contributed by atoms with E-state index in [-0.39, 0.29) is 11.9 Å². The lowest BCUT2D eigenvalue weighted by molar-refractivity contribution is -0.123. The van der Waals surface area contributed by atoms with E-state index < -0.39 is 6.04 Å². The Balaban J connectivity index is 2.59. The number of carbonyl (C=O) groups is 1. The molecule has 2 atom stereocenters. The van der Waals surface area contributed by atoms with Gasteiger partial charge < -0.3 is 11.1 Å². The number of carbonyl (C=O) groups excluding carboxylic acids is 1. The largest absolute Gasteiger partial charge is 0.348 e. The van der Waals surface area contributed by atoms with Crippen LogP contribution in [-0.4, -0.2) is 11.9 Å². The highest BCUT2D eigenvalue weighted by atomic mass is 16.2. The zero-order valence-electron chi connectivity index (χ0n) is 11.7. The molecule has 1 aromatic carbocycles. The Labute approximate surface area is 110 Å². The number of benzene rings is 1. The number of hydrogen-bond acceptors (Lipinski definition) is 2. The van der Waals surface area contributed by atoms with Gasteiger partial charge in [-0.3, -0.25) is 4.79 Å². The van der Waals surface area contributed by atoms with Gasteiger partial charge in [0.2, 0.25) is 5.91 Å². The zero-order chi connectivity index (χ0) is 13.7. The van der Waals surface area contributed by atoms with Crippen molar-refractivity contribution < 1.29 is 4.79 Å². The molecule has 0 heterocycles. The van der Waals surface area contributed by atoms with Crippen LogP contribution in [0.1, 0.15) is 44.4 Å². The summed E-state index contributed by atoms with van der Waals surface area (Å²) in [6.45, 7) is 8.16. The van der Waals surface area contributed by atoms with Crippen molar-refractivity contribution in [2.45, 2.75) is 46.2 Å². The van der Waals surface area contributed by atoms with Crippen LogP contribution >= 0.6 is 0 Å². The molecule has 0 radical (unpaired) electrons. The van der Waals surface area contributed by atoms with E-state index >= 15 is 0 Å². The molecule has 0 spiro atoms. The molecule has 0 aromatic heterocycles. The van der Waals surface area contributed by atoms with E-state index in [2.05, 4.69) is 25.2 Å². The molecule has 3 N–H and O–H groups in total. The first kappa shape index (κ1) is 14.7. The van der Waals surface area contributed by atoms with Crippen LogP contribution in [0.2, 0.25) is 0 Å². The first-order valence-electron chi connectivity index (χ1n) is 6.52. The van der Waals surface area contributed by atoms with Gasteiger partial charge in [0.15, 0.2) is 0 Å². The monoisotopic (exact) mass is 248 g/mol. The summed E-state index contributed by atoms with van der Waals surface area (Å²) < 4.78 is 0. The Morgan fingerprint density at radius 1 is 1.33 bits per heavy atom. The average molecular weight is 248 g/mol. The van der Waals surface area contributed by atoms with Gasteiger partial charge in [0.1, 0.15) is 0 Å². The fourth-order valence-corrected chi connectivity index (χ4v) is 1.96. The Morgan fingerprint density at radius 3 is 2.56 bits per heavy atom. The van der Waals surface area contributed by atoms with Crippen molar-refractivity contribution in [2.75, 3.05) is 0 Å². The average Bonchev–Trinajstić information content (AvgIpc) is 2.27. The summed E-state index contributed by atoms with van der Waals surface area (Å²) >= 11 is 0. The molecule has 1 aromatic rings. The molecule has 0 saturated carbocycles. The molecule has 1 rings (SSSR count). The van der Waals surface area contributed by atoms with Crippen molar-refractivity contribution in [2.24, 2.45) is 11.7 Å². The van der Waals surface area contributed by atoms with Crippen molar-refractivity contribution in [3.63, 3.8) is 0 Å². The minimum Gasteiger partial charge on any atom is -0.348 e. The van der Waals surface area contributed by atoms with Crippen LogP contribution in [0, 0.1) is 12.8 Å². The first-order valence-corrected chi connectivity index (χ1v) is 6.52. The van der Waals surface area contributed by atoms with E-state index in [4.69, 9.17) is 5.73 Å². The minimum atomic E-state index is -0.419. The lowest BCUT2D eigenvalue weighted by Crippen LogP contribution is -2.42. The molecule has 18 heavy (non-hydrogen) atoms. The standard InChI is InChI=1S/C15H24N2O/c1-10(2)8-14(16)15(18)17-12(4)13-7-5-6-11(3)9-13/h5-7,9-10,12,14H,8,16H2,1-4H3,(H,17,18)/t12-,14?/m0/s1. The number of nitrogens with one attached hydrogen (secondary N) is 1. The van der Waals surface area contributed by atoms with Crippen LogP contribution in [0.15, 0.2) is 24.3 Å². The van der Waals surface area contributed by atoms with Crippen molar-refractivity contribution in [1.82, 2.24) is 5.32 Å². The number of amides is 1. The summed E-state index contributed by atoms with van der Waals surface area (Å²) in [6.07, 6.45) is 0.715. The van der Waals surface area contributed by atoms with Crippen molar-refractivity contribution in [3.8, 4) is 0 Å². The van der Waals surface area contributed by atoms with E-state index in [0.717, 1.165) is 5.56 Å². The Morgan fingerprint density at radius 2 is 2.00 bits per heavy atom. The topological polar surface area (TPSA) is 55.1 Å². The van der Waals surface area contributed by atoms with Gasteiger partial charge in [-0.15, -0.1) is 0 Å². The summed E-state index contributed by atoms with van der Waals surface area (Å²) in [5, 5.41) is 2.96. The predicted octanol–water partition coefficient (Wildman–Crippen LogP) is 2.55. The third-order valence-corrected chi connectivity index (χ3v) is 2.96. The van der Waals surface area contributed by atoms with Gasteiger partial charge in [0.25, 0.3) is 0 Å². The van der Waals surface area contributed by atoms with E-state index in [9.17, 15) is 4.79 Å². The highest BCUT2D eigenvalue weighted by Crippen LogP contribution is 2.14. The van der Waals surface area contributed by atoms with Crippen molar-refractivity contribution in [3.05, 3.63) is 35.4 Å². The second kappa shape index (κ2) is 6.55. The van der Waals surface area contributed by atoms with Crippen LogP contribution in [0.25, 0.3) is 0 Å². The lowest BCUT2D eigenvalue weighted by atomic mass is 10.0. The molecule has 3 heteroatoms. The lowest BCUT2D eigenvalue weighted by Gasteiger charge is -2.19. The first-order chi connectivity index (χ1) is 8.40. The molecular weight excluding hydrogens is 224 g/mol. The predicted molar refractivity (Wildman–Crippen MR) is 75.2 cm³/mol. The number of nitrogens with two attached hydrogens (primary N) is 1. The molecule has 0 fully saturated rings. The molecule has 0 aliphatic heterocycles.